The number of rotatable bonds is 5. The maximum Gasteiger partial charge on any atom is 0.224 e. The Kier molecular flexibility index (Phi) is 4.50. The molecule has 5 nitrogen and oxygen atoms in total. The minimum Gasteiger partial charge on any atom is -0.352 e. The summed E-state index contributed by atoms with van der Waals surface area (Å²) in [7, 11) is 0. The van der Waals surface area contributed by atoms with Crippen molar-refractivity contribution in [2.24, 2.45) is 17.3 Å². The van der Waals surface area contributed by atoms with Crippen molar-refractivity contribution in [3.63, 3.8) is 0 Å². The number of nitrogens with one attached hydrogen (secondary N) is 1. The van der Waals surface area contributed by atoms with E-state index in [0.717, 1.165) is 17.2 Å². The number of carbonyl (C=O) groups excluding carboxylic acids is 1. The maximum atomic E-state index is 12.6. The molecule has 25 heavy (non-hydrogen) atoms. The van der Waals surface area contributed by atoms with Gasteiger partial charge in [-0.3, -0.25) is 9.36 Å². The first-order chi connectivity index (χ1) is 11.8. The number of imidazole rings is 1. The number of hydrogen-bond donors (Lipinski definition) is 1. The van der Waals surface area contributed by atoms with E-state index >= 15 is 0 Å². The van der Waals surface area contributed by atoms with Crippen molar-refractivity contribution in [1.29, 1.82) is 0 Å². The Hall–Kier alpha value is -2.43. The molecule has 0 radical (unpaired) electrons. The van der Waals surface area contributed by atoms with Crippen LogP contribution in [0.15, 0.2) is 42.4 Å². The van der Waals surface area contributed by atoms with Gasteiger partial charge < -0.3 is 5.32 Å². The average molecular weight is 338 g/mol. The Morgan fingerprint density at radius 1 is 1.32 bits per heavy atom. The minimum atomic E-state index is 0.0404. The number of aromatic nitrogens is 3. The van der Waals surface area contributed by atoms with Crippen LogP contribution in [0.4, 0.5) is 0 Å². The third-order valence-corrected chi connectivity index (χ3v) is 5.06. The SMILES string of the molecule is CC(C)=C[C@@H]1[C@H](C(=O)NCc2ccnc(-n3ccnc3C)c2)C1(C)C. The van der Waals surface area contributed by atoms with Crippen molar-refractivity contribution in [3.05, 3.63) is 53.8 Å². The van der Waals surface area contributed by atoms with Crippen LogP contribution in [-0.2, 0) is 11.3 Å². The first kappa shape index (κ1) is 17.4. The van der Waals surface area contributed by atoms with Crippen LogP contribution < -0.4 is 5.32 Å². The molecule has 0 spiro atoms. The third kappa shape index (κ3) is 3.50. The minimum absolute atomic E-state index is 0.0404. The number of amides is 1. The summed E-state index contributed by atoms with van der Waals surface area (Å²) in [5.74, 6) is 2.22. The zero-order chi connectivity index (χ0) is 18.2. The van der Waals surface area contributed by atoms with Gasteiger partial charge in [-0.1, -0.05) is 25.5 Å². The van der Waals surface area contributed by atoms with Gasteiger partial charge in [0.2, 0.25) is 5.91 Å². The van der Waals surface area contributed by atoms with Crippen LogP contribution in [0, 0.1) is 24.2 Å². The van der Waals surface area contributed by atoms with E-state index in [0.29, 0.717) is 12.5 Å². The highest BCUT2D eigenvalue weighted by atomic mass is 16.2. The summed E-state index contributed by atoms with van der Waals surface area (Å²) in [6.07, 6.45) is 7.63. The Labute approximate surface area is 149 Å². The lowest BCUT2D eigenvalue weighted by molar-refractivity contribution is -0.123. The first-order valence-corrected chi connectivity index (χ1v) is 8.68. The molecule has 3 rings (SSSR count). The summed E-state index contributed by atoms with van der Waals surface area (Å²) in [6.45, 7) is 10.9. The zero-order valence-corrected chi connectivity index (χ0v) is 15.6. The molecule has 0 saturated heterocycles. The van der Waals surface area contributed by atoms with Gasteiger partial charge in [0, 0.05) is 25.1 Å². The summed E-state index contributed by atoms with van der Waals surface area (Å²) in [6, 6.07) is 3.92. The number of allylic oxidation sites excluding steroid dienone is 2. The quantitative estimate of drug-likeness (QED) is 0.850. The molecule has 2 heterocycles. The Morgan fingerprint density at radius 3 is 2.72 bits per heavy atom. The number of hydrogen-bond acceptors (Lipinski definition) is 3. The summed E-state index contributed by atoms with van der Waals surface area (Å²) < 4.78 is 1.93. The molecule has 0 unspecified atom stereocenters. The van der Waals surface area contributed by atoms with Crippen LogP contribution in [-0.4, -0.2) is 20.4 Å². The molecule has 1 aliphatic rings. The monoisotopic (exact) mass is 338 g/mol. The second kappa shape index (κ2) is 6.47. The third-order valence-electron chi connectivity index (χ3n) is 5.06. The molecule has 0 bridgehead atoms. The van der Waals surface area contributed by atoms with Crippen molar-refractivity contribution >= 4 is 5.91 Å². The molecule has 5 heteroatoms. The second-order valence-electron chi connectivity index (χ2n) is 7.65. The molecule has 1 aliphatic carbocycles. The summed E-state index contributed by atoms with van der Waals surface area (Å²) >= 11 is 0. The van der Waals surface area contributed by atoms with Gasteiger partial charge in [0.25, 0.3) is 0 Å². The highest BCUT2D eigenvalue weighted by Crippen LogP contribution is 2.59. The van der Waals surface area contributed by atoms with Crippen LogP contribution in [0.3, 0.4) is 0 Å². The second-order valence-corrected chi connectivity index (χ2v) is 7.65. The van der Waals surface area contributed by atoms with E-state index in [2.05, 4.69) is 49.1 Å². The molecule has 1 amide bonds. The number of pyridine rings is 1. The zero-order valence-electron chi connectivity index (χ0n) is 15.6. The molecule has 0 aromatic carbocycles. The van der Waals surface area contributed by atoms with Gasteiger partial charge in [0.15, 0.2) is 0 Å². The number of nitrogens with zero attached hydrogens (tertiary/aromatic N) is 3. The van der Waals surface area contributed by atoms with Crippen molar-refractivity contribution in [2.45, 2.75) is 41.2 Å². The van der Waals surface area contributed by atoms with Crippen LogP contribution >= 0.6 is 0 Å². The van der Waals surface area contributed by atoms with Gasteiger partial charge in [-0.25, -0.2) is 9.97 Å². The highest BCUT2D eigenvalue weighted by molar-refractivity contribution is 5.83. The molecule has 0 aliphatic heterocycles. The predicted molar refractivity (Wildman–Crippen MR) is 98.1 cm³/mol. The Bertz CT molecular complexity index is 815. The van der Waals surface area contributed by atoms with Gasteiger partial charge in [0.05, 0.1) is 5.92 Å². The molecule has 132 valence electrons. The lowest BCUT2D eigenvalue weighted by Gasteiger charge is -2.09. The van der Waals surface area contributed by atoms with Crippen LogP contribution in [0.1, 0.15) is 39.1 Å². The maximum absolute atomic E-state index is 12.6. The first-order valence-electron chi connectivity index (χ1n) is 8.68. The van der Waals surface area contributed by atoms with Gasteiger partial charge in [-0.15, -0.1) is 0 Å². The van der Waals surface area contributed by atoms with Gasteiger partial charge in [-0.2, -0.15) is 0 Å². The lowest BCUT2D eigenvalue weighted by atomic mass is 10.1. The molecule has 1 fully saturated rings. The fraction of sp³-hybridized carbons (Fsp3) is 0.450. The molecule has 1 N–H and O–H groups in total. The van der Waals surface area contributed by atoms with E-state index < -0.39 is 0 Å². The number of carbonyl (C=O) groups is 1. The molecule has 1 saturated carbocycles. The van der Waals surface area contributed by atoms with Gasteiger partial charge >= 0.3 is 0 Å². The van der Waals surface area contributed by atoms with Crippen LogP contribution in [0.2, 0.25) is 0 Å². The van der Waals surface area contributed by atoms with Crippen LogP contribution in [0.25, 0.3) is 5.82 Å². The van der Waals surface area contributed by atoms with E-state index in [1.807, 2.05) is 29.8 Å². The van der Waals surface area contributed by atoms with E-state index in [1.165, 1.54) is 5.57 Å². The standard InChI is InChI=1S/C20H26N4O/c1-13(2)10-16-18(20(16,4)5)19(25)23-12-15-6-7-22-17(11-15)24-9-8-21-14(24)3/h6-11,16,18H,12H2,1-5H3,(H,23,25)/t16-,18-/m1/s1. The van der Waals surface area contributed by atoms with Gasteiger partial charge in [-0.05, 0) is 49.8 Å². The molecule has 2 aromatic rings. The van der Waals surface area contributed by atoms with E-state index in [4.69, 9.17) is 0 Å². The largest absolute Gasteiger partial charge is 0.352 e. The van der Waals surface area contributed by atoms with E-state index in [1.54, 1.807) is 12.4 Å². The van der Waals surface area contributed by atoms with Crippen molar-refractivity contribution < 1.29 is 4.79 Å². The van der Waals surface area contributed by atoms with Crippen molar-refractivity contribution in [2.75, 3.05) is 0 Å². The summed E-state index contributed by atoms with van der Waals surface area (Å²) in [5, 5.41) is 3.09. The van der Waals surface area contributed by atoms with E-state index in [9.17, 15) is 4.79 Å². The van der Waals surface area contributed by atoms with Crippen LogP contribution in [0.5, 0.6) is 0 Å². The molecule has 2 aromatic heterocycles. The normalized spacial score (nSPS) is 20.8. The number of aryl methyl sites for hydroxylation is 1. The molecular formula is C20H26N4O. The molecular weight excluding hydrogens is 312 g/mol. The Morgan fingerprint density at radius 2 is 2.08 bits per heavy atom. The molecule has 2 atom stereocenters. The summed E-state index contributed by atoms with van der Waals surface area (Å²) in [4.78, 5) is 21.2. The fourth-order valence-electron chi connectivity index (χ4n) is 3.47. The van der Waals surface area contributed by atoms with Crippen molar-refractivity contribution in [3.8, 4) is 5.82 Å². The smallest absolute Gasteiger partial charge is 0.224 e. The summed E-state index contributed by atoms with van der Waals surface area (Å²) in [5.41, 5.74) is 2.34. The van der Waals surface area contributed by atoms with Gasteiger partial charge in [0.1, 0.15) is 11.6 Å². The predicted octanol–water partition coefficient (Wildman–Crippen LogP) is 3.43. The van der Waals surface area contributed by atoms with Crippen molar-refractivity contribution in [1.82, 2.24) is 19.9 Å². The highest BCUT2D eigenvalue weighted by Gasteiger charge is 2.60. The Balaban J connectivity index is 1.66. The fourth-order valence-corrected chi connectivity index (χ4v) is 3.47. The lowest BCUT2D eigenvalue weighted by Crippen LogP contribution is -2.26. The van der Waals surface area contributed by atoms with E-state index in [-0.39, 0.29) is 17.2 Å². The topological polar surface area (TPSA) is 59.8 Å². The average Bonchev–Trinajstić information content (AvgIpc) is 2.88.